The molecule has 4 nitrogen and oxygen atoms in total. The maximum absolute atomic E-state index is 12.9. The summed E-state index contributed by atoms with van der Waals surface area (Å²) >= 11 is 1.44. The van der Waals surface area contributed by atoms with Crippen molar-refractivity contribution in [1.82, 2.24) is 5.06 Å². The van der Waals surface area contributed by atoms with Crippen molar-refractivity contribution in [3.8, 4) is 5.75 Å². The topological polar surface area (TPSA) is 38.8 Å². The Morgan fingerprint density at radius 2 is 2.00 bits per heavy atom. The normalized spacial score (nSPS) is 22.1. The van der Waals surface area contributed by atoms with Gasteiger partial charge in [0, 0.05) is 11.5 Å². The van der Waals surface area contributed by atoms with Crippen LogP contribution in [0.3, 0.4) is 0 Å². The van der Waals surface area contributed by atoms with Crippen LogP contribution in [-0.4, -0.2) is 24.2 Å². The molecule has 0 saturated carbocycles. The first-order valence-corrected chi connectivity index (χ1v) is 8.85. The summed E-state index contributed by atoms with van der Waals surface area (Å²) in [7, 11) is 0. The Bertz CT molecular complexity index is 922. The molecule has 1 fully saturated rings. The number of carbonyl (C=O) groups is 1. The van der Waals surface area contributed by atoms with Gasteiger partial charge in [-0.25, -0.2) is 5.06 Å². The predicted octanol–water partition coefficient (Wildman–Crippen LogP) is 4.04. The van der Waals surface area contributed by atoms with E-state index in [1.807, 2.05) is 35.7 Å². The van der Waals surface area contributed by atoms with E-state index < -0.39 is 0 Å². The molecule has 1 aromatic heterocycles. The van der Waals surface area contributed by atoms with Crippen molar-refractivity contribution < 1.29 is 14.4 Å². The van der Waals surface area contributed by atoms with Crippen LogP contribution in [0, 0.1) is 5.92 Å². The first kappa shape index (κ1) is 14.0. The Kier molecular flexibility index (Phi) is 3.11. The van der Waals surface area contributed by atoms with E-state index in [0.717, 1.165) is 22.1 Å². The monoisotopic (exact) mass is 337 g/mol. The second-order valence-corrected chi connectivity index (χ2v) is 7.07. The SMILES string of the molecule is O=C(c1cccs1)N1OC[C@H]2COc3ccc4ccccc4c3[C@@H]21. The predicted molar refractivity (Wildman–Crippen MR) is 92.1 cm³/mol. The molecule has 2 aromatic carbocycles. The Morgan fingerprint density at radius 3 is 2.88 bits per heavy atom. The first-order valence-electron chi connectivity index (χ1n) is 7.97. The molecule has 0 aliphatic carbocycles. The van der Waals surface area contributed by atoms with Crippen molar-refractivity contribution in [1.29, 1.82) is 0 Å². The summed E-state index contributed by atoms with van der Waals surface area (Å²) in [5, 5.41) is 5.74. The van der Waals surface area contributed by atoms with Crippen molar-refractivity contribution >= 4 is 28.0 Å². The van der Waals surface area contributed by atoms with E-state index in [1.165, 1.54) is 11.3 Å². The molecule has 0 bridgehead atoms. The number of hydroxylamine groups is 2. The molecule has 0 unspecified atom stereocenters. The molecule has 5 rings (SSSR count). The van der Waals surface area contributed by atoms with Gasteiger partial charge in [-0.1, -0.05) is 36.4 Å². The second kappa shape index (κ2) is 5.33. The van der Waals surface area contributed by atoms with Crippen molar-refractivity contribution in [2.24, 2.45) is 5.92 Å². The molecule has 24 heavy (non-hydrogen) atoms. The van der Waals surface area contributed by atoms with Crippen molar-refractivity contribution in [3.05, 3.63) is 64.4 Å². The van der Waals surface area contributed by atoms with Gasteiger partial charge in [0.1, 0.15) is 5.75 Å². The molecular weight excluding hydrogens is 322 g/mol. The van der Waals surface area contributed by atoms with Gasteiger partial charge in [0.25, 0.3) is 5.91 Å². The third-order valence-electron chi connectivity index (χ3n) is 4.74. The molecular formula is C19H15NO3S. The number of hydrogen-bond acceptors (Lipinski definition) is 4. The number of benzene rings is 2. The lowest BCUT2D eigenvalue weighted by molar-refractivity contribution is -0.0962. The summed E-state index contributed by atoms with van der Waals surface area (Å²) in [5.41, 5.74) is 1.06. The van der Waals surface area contributed by atoms with Crippen LogP contribution < -0.4 is 4.74 Å². The highest BCUT2D eigenvalue weighted by molar-refractivity contribution is 7.12. The molecule has 2 atom stereocenters. The van der Waals surface area contributed by atoms with Gasteiger partial charge in [0.05, 0.1) is 24.1 Å². The van der Waals surface area contributed by atoms with Crippen LogP contribution in [0.15, 0.2) is 53.9 Å². The van der Waals surface area contributed by atoms with Crippen LogP contribution in [0.1, 0.15) is 21.3 Å². The van der Waals surface area contributed by atoms with Crippen LogP contribution in [-0.2, 0) is 4.84 Å². The minimum atomic E-state index is -0.102. The molecule has 3 aromatic rings. The van der Waals surface area contributed by atoms with E-state index in [1.54, 1.807) is 5.06 Å². The number of amides is 1. The lowest BCUT2D eigenvalue weighted by atomic mass is 9.88. The van der Waals surface area contributed by atoms with E-state index in [4.69, 9.17) is 9.57 Å². The van der Waals surface area contributed by atoms with E-state index in [-0.39, 0.29) is 17.9 Å². The number of hydrogen-bond donors (Lipinski definition) is 0. The van der Waals surface area contributed by atoms with Gasteiger partial charge in [-0.2, -0.15) is 0 Å². The number of ether oxygens (including phenoxy) is 1. The molecule has 0 radical (unpaired) electrons. The largest absolute Gasteiger partial charge is 0.493 e. The van der Waals surface area contributed by atoms with Crippen LogP contribution in [0.4, 0.5) is 0 Å². The zero-order valence-electron chi connectivity index (χ0n) is 12.8. The van der Waals surface area contributed by atoms with Crippen molar-refractivity contribution in [2.45, 2.75) is 6.04 Å². The van der Waals surface area contributed by atoms with Crippen LogP contribution in [0.25, 0.3) is 10.8 Å². The van der Waals surface area contributed by atoms with Gasteiger partial charge in [0.2, 0.25) is 0 Å². The van der Waals surface area contributed by atoms with Gasteiger partial charge >= 0.3 is 0 Å². The summed E-state index contributed by atoms with van der Waals surface area (Å²) in [5.74, 6) is 0.940. The van der Waals surface area contributed by atoms with Crippen molar-refractivity contribution in [2.75, 3.05) is 13.2 Å². The highest BCUT2D eigenvalue weighted by Gasteiger charge is 2.45. The third kappa shape index (κ3) is 1.98. The van der Waals surface area contributed by atoms with Gasteiger partial charge in [-0.15, -0.1) is 11.3 Å². The van der Waals surface area contributed by atoms with Gasteiger partial charge in [-0.05, 0) is 28.3 Å². The van der Waals surface area contributed by atoms with Gasteiger partial charge in [-0.3, -0.25) is 9.63 Å². The summed E-state index contributed by atoms with van der Waals surface area (Å²) in [4.78, 5) is 19.4. The van der Waals surface area contributed by atoms with E-state index in [9.17, 15) is 4.79 Å². The molecule has 5 heteroatoms. The quantitative estimate of drug-likeness (QED) is 0.673. The van der Waals surface area contributed by atoms with E-state index in [0.29, 0.717) is 18.1 Å². The average molecular weight is 337 g/mol. The molecule has 0 N–H and O–H groups in total. The zero-order valence-corrected chi connectivity index (χ0v) is 13.7. The highest BCUT2D eigenvalue weighted by atomic mass is 32.1. The highest BCUT2D eigenvalue weighted by Crippen LogP contribution is 2.47. The summed E-state index contributed by atoms with van der Waals surface area (Å²) in [6, 6.07) is 15.9. The number of nitrogens with zero attached hydrogens (tertiary/aromatic N) is 1. The number of fused-ring (bicyclic) bond motifs is 5. The Balaban J connectivity index is 1.66. The van der Waals surface area contributed by atoms with E-state index in [2.05, 4.69) is 18.2 Å². The Labute approximate surface area is 143 Å². The first-order chi connectivity index (χ1) is 11.8. The summed E-state index contributed by atoms with van der Waals surface area (Å²) < 4.78 is 5.95. The Hall–Kier alpha value is -2.37. The average Bonchev–Trinajstić information content (AvgIpc) is 3.30. The van der Waals surface area contributed by atoms with Gasteiger partial charge < -0.3 is 4.74 Å². The van der Waals surface area contributed by atoms with Gasteiger partial charge in [0.15, 0.2) is 0 Å². The fraction of sp³-hybridized carbons (Fsp3) is 0.211. The molecule has 0 spiro atoms. The van der Waals surface area contributed by atoms with Crippen LogP contribution in [0.2, 0.25) is 0 Å². The number of rotatable bonds is 1. The maximum atomic E-state index is 12.9. The molecule has 2 aliphatic rings. The van der Waals surface area contributed by atoms with E-state index >= 15 is 0 Å². The van der Waals surface area contributed by atoms with Crippen LogP contribution >= 0.6 is 11.3 Å². The number of carbonyl (C=O) groups excluding carboxylic acids is 1. The Morgan fingerprint density at radius 1 is 1.08 bits per heavy atom. The smallest absolute Gasteiger partial charge is 0.288 e. The summed E-state index contributed by atoms with van der Waals surface area (Å²) in [6.45, 7) is 1.08. The molecule has 3 heterocycles. The fourth-order valence-corrected chi connectivity index (χ4v) is 4.28. The second-order valence-electron chi connectivity index (χ2n) is 6.12. The van der Waals surface area contributed by atoms with Crippen molar-refractivity contribution in [3.63, 3.8) is 0 Å². The molecule has 2 aliphatic heterocycles. The maximum Gasteiger partial charge on any atom is 0.288 e. The lowest BCUT2D eigenvalue weighted by Crippen LogP contribution is -2.34. The minimum absolute atomic E-state index is 0.0710. The number of thiophene rings is 1. The molecule has 1 amide bonds. The van der Waals surface area contributed by atoms with Crippen LogP contribution in [0.5, 0.6) is 5.75 Å². The zero-order chi connectivity index (χ0) is 16.1. The lowest BCUT2D eigenvalue weighted by Gasteiger charge is -2.32. The third-order valence-corrected chi connectivity index (χ3v) is 5.60. The summed E-state index contributed by atoms with van der Waals surface area (Å²) in [6.07, 6.45) is 0. The fourth-order valence-electron chi connectivity index (χ4n) is 3.63. The molecule has 1 saturated heterocycles. The molecule has 120 valence electrons. The minimum Gasteiger partial charge on any atom is -0.493 e. The standard InChI is InChI=1S/C19H15NO3S/c21-19(16-6-3-9-24-16)20-18-13(11-23-20)10-22-15-8-7-12-4-1-2-5-14(12)17(15)18/h1-9,13,18H,10-11H2/t13-,18-/m1/s1.